The van der Waals surface area contributed by atoms with Crippen molar-refractivity contribution in [3.8, 4) is 0 Å². The number of ether oxygens (including phenoxy) is 2. The molecular weight excluding hydrogens is 344 g/mol. The lowest BCUT2D eigenvalue weighted by atomic mass is 10.1. The second-order valence-electron chi connectivity index (χ2n) is 6.38. The Balaban J connectivity index is 2.34. The first kappa shape index (κ1) is 21.7. The van der Waals surface area contributed by atoms with Gasteiger partial charge in [-0.05, 0) is 45.1 Å². The van der Waals surface area contributed by atoms with Crippen molar-refractivity contribution in [3.63, 3.8) is 0 Å². The highest BCUT2D eigenvalue weighted by atomic mass is 32.2. The molecular formula is C18H32O4S2. The van der Waals surface area contributed by atoms with Gasteiger partial charge in [0, 0.05) is 24.2 Å². The quantitative estimate of drug-likeness (QED) is 0.353. The lowest BCUT2D eigenvalue weighted by molar-refractivity contribution is -0.230. The Bertz CT molecular complexity index is 460. The second kappa shape index (κ2) is 11.3. The Morgan fingerprint density at radius 2 is 1.92 bits per heavy atom. The Kier molecular flexibility index (Phi) is 10.3. The van der Waals surface area contributed by atoms with E-state index in [0.29, 0.717) is 0 Å². The average Bonchev–Trinajstić information content (AvgIpc) is 3.07. The lowest BCUT2D eigenvalue weighted by Gasteiger charge is -2.28. The summed E-state index contributed by atoms with van der Waals surface area (Å²) in [5.41, 5.74) is 0. The van der Waals surface area contributed by atoms with Gasteiger partial charge in [-0.3, -0.25) is 4.21 Å². The van der Waals surface area contributed by atoms with Crippen LogP contribution in [0.15, 0.2) is 22.8 Å². The molecule has 0 aliphatic carbocycles. The summed E-state index contributed by atoms with van der Waals surface area (Å²) in [5.74, 6) is 0.220. The van der Waals surface area contributed by atoms with Crippen LogP contribution in [-0.4, -0.2) is 34.2 Å². The highest BCUT2D eigenvalue weighted by molar-refractivity contribution is 8.10. The SMILES string of the molecule is COC(C)(C)OC(CCCCCCC(SC)S(C)=O)c1ccco1. The topological polar surface area (TPSA) is 48.7 Å². The first-order valence-electron chi connectivity index (χ1n) is 8.51. The van der Waals surface area contributed by atoms with Gasteiger partial charge in [0.1, 0.15) is 11.9 Å². The van der Waals surface area contributed by atoms with E-state index in [2.05, 4.69) is 0 Å². The van der Waals surface area contributed by atoms with Crippen LogP contribution in [0.1, 0.15) is 64.2 Å². The van der Waals surface area contributed by atoms with Gasteiger partial charge in [-0.25, -0.2) is 0 Å². The van der Waals surface area contributed by atoms with Gasteiger partial charge in [-0.1, -0.05) is 25.7 Å². The van der Waals surface area contributed by atoms with Gasteiger partial charge >= 0.3 is 0 Å². The minimum absolute atomic E-state index is 0.0861. The molecule has 24 heavy (non-hydrogen) atoms. The van der Waals surface area contributed by atoms with Crippen LogP contribution in [0, 0.1) is 0 Å². The summed E-state index contributed by atoms with van der Waals surface area (Å²) in [4.78, 5) is 0. The highest BCUT2D eigenvalue weighted by Crippen LogP contribution is 2.30. The van der Waals surface area contributed by atoms with E-state index in [0.717, 1.165) is 44.3 Å². The fourth-order valence-corrected chi connectivity index (χ4v) is 4.52. The summed E-state index contributed by atoms with van der Waals surface area (Å²) in [7, 11) is 0.918. The van der Waals surface area contributed by atoms with Crippen LogP contribution in [0.2, 0.25) is 0 Å². The molecule has 0 N–H and O–H groups in total. The lowest BCUT2D eigenvalue weighted by Crippen LogP contribution is -2.28. The minimum Gasteiger partial charge on any atom is -0.467 e. The largest absolute Gasteiger partial charge is 0.467 e. The Hall–Kier alpha value is -0.300. The molecule has 4 nitrogen and oxygen atoms in total. The smallest absolute Gasteiger partial charge is 0.163 e. The summed E-state index contributed by atoms with van der Waals surface area (Å²) in [6.07, 6.45) is 11.9. The number of hydrogen-bond donors (Lipinski definition) is 0. The maximum atomic E-state index is 11.5. The summed E-state index contributed by atoms with van der Waals surface area (Å²) < 4.78 is 28.8. The molecule has 0 saturated carbocycles. The van der Waals surface area contributed by atoms with Crippen LogP contribution >= 0.6 is 11.8 Å². The van der Waals surface area contributed by atoms with Crippen molar-refractivity contribution < 1.29 is 18.1 Å². The third-order valence-corrected chi connectivity index (χ3v) is 7.20. The summed E-state index contributed by atoms with van der Waals surface area (Å²) in [6, 6.07) is 3.84. The summed E-state index contributed by atoms with van der Waals surface area (Å²) in [6.45, 7) is 3.83. The molecule has 0 aromatic carbocycles. The Morgan fingerprint density at radius 1 is 1.25 bits per heavy atom. The number of unbranched alkanes of at least 4 members (excludes halogenated alkanes) is 3. The van der Waals surface area contributed by atoms with Crippen molar-refractivity contribution in [1.82, 2.24) is 0 Å². The standard InChI is InChI=1S/C18H32O4S2/c1-18(2,20-3)22-16(15-12-10-14-21-15)11-8-6-7-9-13-17(23-4)24(5)19/h10,12,14,16-17H,6-9,11,13H2,1-5H3. The maximum Gasteiger partial charge on any atom is 0.163 e. The molecule has 1 rings (SSSR count). The fourth-order valence-electron chi connectivity index (χ4n) is 2.54. The van der Waals surface area contributed by atoms with E-state index < -0.39 is 16.6 Å². The zero-order chi connectivity index (χ0) is 18.0. The number of methoxy groups -OCH3 is 1. The molecule has 1 aromatic rings. The molecule has 1 aromatic heterocycles. The van der Waals surface area contributed by atoms with Crippen LogP contribution in [0.5, 0.6) is 0 Å². The van der Waals surface area contributed by atoms with E-state index in [-0.39, 0.29) is 10.7 Å². The van der Waals surface area contributed by atoms with Crippen LogP contribution in [0.4, 0.5) is 0 Å². The van der Waals surface area contributed by atoms with E-state index in [1.54, 1.807) is 31.4 Å². The van der Waals surface area contributed by atoms with Gasteiger partial charge in [0.2, 0.25) is 0 Å². The van der Waals surface area contributed by atoms with Crippen LogP contribution in [0.3, 0.4) is 0 Å². The molecule has 0 saturated heterocycles. The molecule has 1 heterocycles. The minimum atomic E-state index is -0.734. The zero-order valence-electron chi connectivity index (χ0n) is 15.6. The molecule has 0 radical (unpaired) electrons. The fraction of sp³-hybridized carbons (Fsp3) is 0.778. The number of thioether (sulfide) groups is 1. The van der Waals surface area contributed by atoms with Gasteiger partial charge in [0.15, 0.2) is 5.79 Å². The van der Waals surface area contributed by atoms with Crippen LogP contribution in [0.25, 0.3) is 0 Å². The molecule has 0 amide bonds. The van der Waals surface area contributed by atoms with Gasteiger partial charge in [0.05, 0.1) is 10.8 Å². The van der Waals surface area contributed by atoms with E-state index in [1.807, 2.05) is 32.2 Å². The molecule has 3 atom stereocenters. The van der Waals surface area contributed by atoms with Crippen molar-refractivity contribution >= 4 is 22.6 Å². The van der Waals surface area contributed by atoms with Crippen LogP contribution < -0.4 is 0 Å². The average molecular weight is 377 g/mol. The molecule has 6 heteroatoms. The molecule has 0 bridgehead atoms. The van der Waals surface area contributed by atoms with Gasteiger partial charge < -0.3 is 13.9 Å². The molecule has 0 aliphatic heterocycles. The third kappa shape index (κ3) is 8.19. The first-order valence-corrected chi connectivity index (χ1v) is 11.4. The zero-order valence-corrected chi connectivity index (χ0v) is 17.2. The predicted molar refractivity (Wildman–Crippen MR) is 103 cm³/mol. The van der Waals surface area contributed by atoms with Gasteiger partial charge in [0.25, 0.3) is 0 Å². The Labute approximate surface area is 153 Å². The molecule has 0 spiro atoms. The van der Waals surface area contributed by atoms with Gasteiger partial charge in [-0.2, -0.15) is 0 Å². The molecule has 0 aliphatic rings. The van der Waals surface area contributed by atoms with Crippen molar-refractivity contribution in [3.05, 3.63) is 24.2 Å². The highest BCUT2D eigenvalue weighted by Gasteiger charge is 2.25. The van der Waals surface area contributed by atoms with Crippen molar-refractivity contribution in [2.45, 2.75) is 68.8 Å². The normalized spacial score (nSPS) is 16.0. The number of rotatable bonds is 13. The second-order valence-corrected chi connectivity index (χ2v) is 9.29. The predicted octanol–water partition coefficient (Wildman–Crippen LogP) is 5.13. The third-order valence-electron chi connectivity index (χ3n) is 4.07. The monoisotopic (exact) mass is 376 g/mol. The molecule has 0 fully saturated rings. The van der Waals surface area contributed by atoms with Crippen molar-refractivity contribution in [2.24, 2.45) is 0 Å². The number of furan rings is 1. The van der Waals surface area contributed by atoms with Crippen molar-refractivity contribution in [1.29, 1.82) is 0 Å². The van der Waals surface area contributed by atoms with E-state index >= 15 is 0 Å². The molecule has 140 valence electrons. The Morgan fingerprint density at radius 3 is 2.42 bits per heavy atom. The summed E-state index contributed by atoms with van der Waals surface area (Å²) in [5, 5.41) is 0. The number of hydrogen-bond acceptors (Lipinski definition) is 5. The van der Waals surface area contributed by atoms with E-state index in [9.17, 15) is 4.21 Å². The summed E-state index contributed by atoms with van der Waals surface area (Å²) >= 11 is 1.71. The van der Waals surface area contributed by atoms with Gasteiger partial charge in [-0.15, -0.1) is 11.8 Å². The van der Waals surface area contributed by atoms with E-state index in [1.165, 1.54) is 0 Å². The maximum absolute atomic E-state index is 11.5. The molecule has 3 unspecified atom stereocenters. The van der Waals surface area contributed by atoms with Crippen molar-refractivity contribution in [2.75, 3.05) is 19.6 Å². The first-order chi connectivity index (χ1) is 11.4. The van der Waals surface area contributed by atoms with E-state index in [4.69, 9.17) is 13.9 Å². The van der Waals surface area contributed by atoms with Crippen LogP contribution in [-0.2, 0) is 20.3 Å².